The number of nitrogens with zero attached hydrogens (tertiary/aromatic N) is 1. The fraction of sp³-hybridized carbons (Fsp3) is 0.174. The Kier molecular flexibility index (Phi) is 6.10. The van der Waals surface area contributed by atoms with Crippen LogP contribution in [0.15, 0.2) is 64.6 Å². The molecule has 0 saturated heterocycles. The van der Waals surface area contributed by atoms with Gasteiger partial charge in [-0.05, 0) is 37.6 Å². The zero-order chi connectivity index (χ0) is 20.8. The van der Waals surface area contributed by atoms with Gasteiger partial charge in [0.15, 0.2) is 6.61 Å². The summed E-state index contributed by atoms with van der Waals surface area (Å²) in [6.07, 6.45) is 1.43. The Morgan fingerprint density at radius 1 is 1.21 bits per heavy atom. The quantitative estimate of drug-likeness (QED) is 0.390. The van der Waals surface area contributed by atoms with Gasteiger partial charge < -0.3 is 14.5 Å². The summed E-state index contributed by atoms with van der Waals surface area (Å²) in [4.78, 5) is 24.2. The van der Waals surface area contributed by atoms with Crippen molar-refractivity contribution in [2.75, 3.05) is 6.61 Å². The highest BCUT2D eigenvalue weighted by molar-refractivity contribution is 5.98. The lowest BCUT2D eigenvalue weighted by Crippen LogP contribution is -2.31. The average Bonchev–Trinajstić information content (AvgIpc) is 3.16. The molecule has 0 bridgehead atoms. The molecular weight excluding hydrogens is 368 g/mol. The van der Waals surface area contributed by atoms with Gasteiger partial charge in [0.1, 0.15) is 23.0 Å². The van der Waals surface area contributed by atoms with E-state index in [1.165, 1.54) is 6.08 Å². The number of hydrogen-bond acceptors (Lipinski definition) is 5. The van der Waals surface area contributed by atoms with Gasteiger partial charge in [-0.25, -0.2) is 4.79 Å². The van der Waals surface area contributed by atoms with Gasteiger partial charge in [-0.1, -0.05) is 48.0 Å². The van der Waals surface area contributed by atoms with Crippen molar-refractivity contribution < 1.29 is 18.7 Å². The SMILES string of the molecule is Cc1ccc(/C=C(\C#N)C(=O)OCC(=O)N[C@@H](C)c2cc3ccccc3o2)cc1. The molecule has 6 heteroatoms. The summed E-state index contributed by atoms with van der Waals surface area (Å²) in [5.74, 6) is -0.735. The summed E-state index contributed by atoms with van der Waals surface area (Å²) in [5.41, 5.74) is 2.33. The Bertz CT molecular complexity index is 1070. The Hall–Kier alpha value is -3.85. The van der Waals surface area contributed by atoms with E-state index in [-0.39, 0.29) is 5.57 Å². The number of fused-ring (bicyclic) bond motifs is 1. The standard InChI is InChI=1S/C23H20N2O4/c1-15-7-9-17(10-8-15)11-19(13-24)23(27)28-14-22(26)25-16(2)21-12-18-5-3-4-6-20(18)29-21/h3-12,16H,14H2,1-2H3,(H,25,26)/b19-11+/t16-/m0/s1. The number of aryl methyl sites for hydroxylation is 1. The topological polar surface area (TPSA) is 92.3 Å². The second-order valence-electron chi connectivity index (χ2n) is 6.63. The van der Waals surface area contributed by atoms with Crippen LogP contribution >= 0.6 is 0 Å². The largest absolute Gasteiger partial charge is 0.459 e. The Morgan fingerprint density at radius 2 is 1.93 bits per heavy atom. The van der Waals surface area contributed by atoms with Crippen molar-refractivity contribution in [1.29, 1.82) is 5.26 Å². The molecule has 6 nitrogen and oxygen atoms in total. The molecule has 1 heterocycles. The monoisotopic (exact) mass is 388 g/mol. The van der Waals surface area contributed by atoms with Crippen LogP contribution in [-0.4, -0.2) is 18.5 Å². The van der Waals surface area contributed by atoms with Gasteiger partial charge in [-0.15, -0.1) is 0 Å². The Morgan fingerprint density at radius 3 is 2.62 bits per heavy atom. The molecular formula is C23H20N2O4. The lowest BCUT2D eigenvalue weighted by molar-refractivity contribution is -0.144. The first-order valence-electron chi connectivity index (χ1n) is 9.09. The van der Waals surface area contributed by atoms with Crippen molar-refractivity contribution in [2.45, 2.75) is 19.9 Å². The summed E-state index contributed by atoms with van der Waals surface area (Å²) in [6, 6.07) is 18.1. The van der Waals surface area contributed by atoms with E-state index >= 15 is 0 Å². The van der Waals surface area contributed by atoms with Crippen LogP contribution in [0, 0.1) is 18.3 Å². The number of para-hydroxylation sites is 1. The van der Waals surface area contributed by atoms with E-state index in [1.54, 1.807) is 19.1 Å². The van der Waals surface area contributed by atoms with Gasteiger partial charge in [0.2, 0.25) is 0 Å². The molecule has 3 aromatic rings. The third-order valence-electron chi connectivity index (χ3n) is 4.31. The van der Waals surface area contributed by atoms with Crippen LogP contribution in [0.25, 0.3) is 17.0 Å². The molecule has 29 heavy (non-hydrogen) atoms. The number of benzene rings is 2. The fourth-order valence-corrected chi connectivity index (χ4v) is 2.75. The first-order valence-corrected chi connectivity index (χ1v) is 9.09. The lowest BCUT2D eigenvalue weighted by atomic mass is 10.1. The van der Waals surface area contributed by atoms with Crippen LogP contribution in [-0.2, 0) is 14.3 Å². The number of nitrogens with one attached hydrogen (secondary N) is 1. The molecule has 2 aromatic carbocycles. The van der Waals surface area contributed by atoms with Gasteiger partial charge in [0.25, 0.3) is 5.91 Å². The van der Waals surface area contributed by atoms with Crippen molar-refractivity contribution in [3.05, 3.63) is 77.1 Å². The second kappa shape index (κ2) is 8.89. The number of rotatable bonds is 6. The van der Waals surface area contributed by atoms with Gasteiger partial charge in [-0.3, -0.25) is 4.79 Å². The smallest absolute Gasteiger partial charge is 0.349 e. The summed E-state index contributed by atoms with van der Waals surface area (Å²) in [6.45, 7) is 3.23. The summed E-state index contributed by atoms with van der Waals surface area (Å²) >= 11 is 0. The number of furan rings is 1. The predicted molar refractivity (Wildman–Crippen MR) is 108 cm³/mol. The predicted octanol–water partition coefficient (Wildman–Crippen LogP) is 4.07. The van der Waals surface area contributed by atoms with Crippen LogP contribution in [0.4, 0.5) is 0 Å². The van der Waals surface area contributed by atoms with Crippen LogP contribution in [0.2, 0.25) is 0 Å². The van der Waals surface area contributed by atoms with Crippen LogP contribution in [0.3, 0.4) is 0 Å². The number of amides is 1. The minimum atomic E-state index is -0.848. The third kappa shape index (κ3) is 5.11. The van der Waals surface area contributed by atoms with Gasteiger partial charge in [0.05, 0.1) is 6.04 Å². The van der Waals surface area contributed by atoms with Crippen LogP contribution in [0.1, 0.15) is 29.9 Å². The molecule has 0 fully saturated rings. The molecule has 0 saturated carbocycles. The first-order chi connectivity index (χ1) is 14.0. The second-order valence-corrected chi connectivity index (χ2v) is 6.63. The summed E-state index contributed by atoms with van der Waals surface area (Å²) in [7, 11) is 0. The van der Waals surface area contributed by atoms with E-state index in [1.807, 2.05) is 55.5 Å². The van der Waals surface area contributed by atoms with Gasteiger partial charge in [0, 0.05) is 5.39 Å². The van der Waals surface area contributed by atoms with E-state index in [0.29, 0.717) is 11.3 Å². The Balaban J connectivity index is 1.56. The highest BCUT2D eigenvalue weighted by Crippen LogP contribution is 2.23. The number of carbonyl (C=O) groups excluding carboxylic acids is 2. The van der Waals surface area contributed by atoms with Crippen molar-refractivity contribution >= 4 is 28.9 Å². The number of ether oxygens (including phenoxy) is 1. The van der Waals surface area contributed by atoms with E-state index in [0.717, 1.165) is 16.5 Å². The molecule has 1 amide bonds. The molecule has 0 aliphatic heterocycles. The van der Waals surface area contributed by atoms with Crippen molar-refractivity contribution in [3.63, 3.8) is 0 Å². The van der Waals surface area contributed by atoms with Crippen LogP contribution < -0.4 is 5.32 Å². The molecule has 1 N–H and O–H groups in total. The first kappa shape index (κ1) is 19.9. The third-order valence-corrected chi connectivity index (χ3v) is 4.31. The molecule has 3 rings (SSSR count). The molecule has 1 aromatic heterocycles. The van der Waals surface area contributed by atoms with Gasteiger partial charge in [-0.2, -0.15) is 5.26 Å². The fourth-order valence-electron chi connectivity index (χ4n) is 2.75. The molecule has 0 unspecified atom stereocenters. The van der Waals surface area contributed by atoms with Crippen molar-refractivity contribution in [1.82, 2.24) is 5.32 Å². The van der Waals surface area contributed by atoms with E-state index < -0.39 is 24.5 Å². The molecule has 146 valence electrons. The summed E-state index contributed by atoms with van der Waals surface area (Å²) in [5, 5.41) is 12.9. The van der Waals surface area contributed by atoms with Crippen molar-refractivity contribution in [3.8, 4) is 6.07 Å². The van der Waals surface area contributed by atoms with E-state index in [2.05, 4.69) is 5.32 Å². The lowest BCUT2D eigenvalue weighted by Gasteiger charge is -2.11. The normalized spacial score (nSPS) is 12.2. The molecule has 0 radical (unpaired) electrons. The minimum Gasteiger partial charge on any atom is -0.459 e. The number of nitriles is 1. The molecule has 0 spiro atoms. The Labute approximate surface area is 168 Å². The maximum atomic E-state index is 12.1. The molecule has 1 atom stereocenters. The maximum Gasteiger partial charge on any atom is 0.349 e. The number of carbonyl (C=O) groups is 2. The number of hydrogen-bond donors (Lipinski definition) is 1. The number of esters is 1. The van der Waals surface area contributed by atoms with E-state index in [9.17, 15) is 14.9 Å². The van der Waals surface area contributed by atoms with Crippen molar-refractivity contribution in [2.24, 2.45) is 0 Å². The van der Waals surface area contributed by atoms with Crippen LogP contribution in [0.5, 0.6) is 0 Å². The highest BCUT2D eigenvalue weighted by atomic mass is 16.5. The minimum absolute atomic E-state index is 0.174. The molecule has 0 aliphatic rings. The van der Waals surface area contributed by atoms with Gasteiger partial charge >= 0.3 is 5.97 Å². The maximum absolute atomic E-state index is 12.1. The zero-order valence-corrected chi connectivity index (χ0v) is 16.1. The zero-order valence-electron chi connectivity index (χ0n) is 16.1. The van der Waals surface area contributed by atoms with E-state index in [4.69, 9.17) is 9.15 Å². The highest BCUT2D eigenvalue weighted by Gasteiger charge is 2.17. The average molecular weight is 388 g/mol. The molecule has 0 aliphatic carbocycles. The summed E-state index contributed by atoms with van der Waals surface area (Å²) < 4.78 is 10.7.